The molecule has 0 radical (unpaired) electrons. The minimum Gasteiger partial charge on any atom is -0.334 e. The average molecular weight is 122 g/mol. The van der Waals surface area contributed by atoms with E-state index in [2.05, 4.69) is 11.1 Å². The van der Waals surface area contributed by atoms with Gasteiger partial charge in [0, 0.05) is 18.9 Å². The van der Waals surface area contributed by atoms with Crippen molar-refractivity contribution in [3.05, 3.63) is 30.9 Å². The van der Waals surface area contributed by atoms with Crippen molar-refractivity contribution in [2.24, 2.45) is 0 Å². The normalized spacial score (nSPS) is 10.8. The molecule has 0 saturated heterocycles. The first-order valence-corrected chi connectivity index (χ1v) is 3.00. The van der Waals surface area contributed by atoms with Gasteiger partial charge in [0.15, 0.2) is 0 Å². The molecule has 2 heteroatoms. The first-order chi connectivity index (χ1) is 4.43. The second kappa shape index (κ2) is 3.07. The third-order valence-corrected chi connectivity index (χ3v) is 1.11. The summed E-state index contributed by atoms with van der Waals surface area (Å²) < 4.78 is 2.01. The van der Waals surface area contributed by atoms with Crippen molar-refractivity contribution >= 4 is 0 Å². The van der Waals surface area contributed by atoms with Crippen LogP contribution in [0.15, 0.2) is 30.9 Å². The van der Waals surface area contributed by atoms with Crippen LogP contribution in [0.3, 0.4) is 0 Å². The number of nitrogens with zero attached hydrogens (tertiary/aromatic N) is 2. The average Bonchev–Trinajstić information content (AvgIpc) is 2.34. The van der Waals surface area contributed by atoms with Crippen molar-refractivity contribution in [2.45, 2.75) is 13.5 Å². The third-order valence-electron chi connectivity index (χ3n) is 1.11. The minimum absolute atomic E-state index is 0.927. The van der Waals surface area contributed by atoms with Crippen LogP contribution in [0.4, 0.5) is 0 Å². The molecular formula is C7H10N2. The van der Waals surface area contributed by atoms with Gasteiger partial charge in [-0.2, -0.15) is 0 Å². The number of aromatic nitrogens is 2. The Bertz CT molecular complexity index is 175. The molecule has 0 aliphatic rings. The second-order valence-electron chi connectivity index (χ2n) is 1.83. The lowest BCUT2D eigenvalue weighted by molar-refractivity contribution is 0.819. The first kappa shape index (κ1) is 6.08. The van der Waals surface area contributed by atoms with Crippen LogP contribution in [0.25, 0.3) is 0 Å². The molecule has 0 amide bonds. The summed E-state index contributed by atoms with van der Waals surface area (Å²) in [6.07, 6.45) is 9.64. The summed E-state index contributed by atoms with van der Waals surface area (Å²) in [5.74, 6) is 0. The Hall–Kier alpha value is -1.05. The van der Waals surface area contributed by atoms with Gasteiger partial charge >= 0.3 is 0 Å². The van der Waals surface area contributed by atoms with Crippen LogP contribution in [0.2, 0.25) is 0 Å². The fourth-order valence-electron chi connectivity index (χ4n) is 0.622. The topological polar surface area (TPSA) is 17.8 Å². The number of rotatable bonds is 2. The van der Waals surface area contributed by atoms with E-state index >= 15 is 0 Å². The summed E-state index contributed by atoms with van der Waals surface area (Å²) in [5, 5.41) is 0. The van der Waals surface area contributed by atoms with E-state index < -0.39 is 0 Å². The van der Waals surface area contributed by atoms with Gasteiger partial charge in [-0.25, -0.2) is 4.98 Å². The predicted molar refractivity (Wildman–Crippen MR) is 37.0 cm³/mol. The molecule has 0 aliphatic carbocycles. The summed E-state index contributed by atoms with van der Waals surface area (Å²) >= 11 is 0. The quantitative estimate of drug-likeness (QED) is 0.543. The van der Waals surface area contributed by atoms with Gasteiger partial charge in [0.1, 0.15) is 0 Å². The third kappa shape index (κ3) is 1.72. The Morgan fingerprint density at radius 1 is 1.67 bits per heavy atom. The second-order valence-corrected chi connectivity index (χ2v) is 1.83. The van der Waals surface area contributed by atoms with Gasteiger partial charge in [-0.3, -0.25) is 0 Å². The molecule has 0 saturated carbocycles. The highest BCUT2D eigenvalue weighted by Crippen LogP contribution is 1.85. The molecule has 0 spiro atoms. The van der Waals surface area contributed by atoms with Crippen LogP contribution in [-0.2, 0) is 6.54 Å². The van der Waals surface area contributed by atoms with E-state index in [1.54, 1.807) is 12.5 Å². The van der Waals surface area contributed by atoms with Crippen molar-refractivity contribution < 1.29 is 0 Å². The fourth-order valence-corrected chi connectivity index (χ4v) is 0.622. The number of hydrogen-bond donors (Lipinski definition) is 0. The maximum absolute atomic E-state index is 3.90. The Morgan fingerprint density at radius 3 is 3.11 bits per heavy atom. The molecule has 1 aromatic heterocycles. The van der Waals surface area contributed by atoms with E-state index in [1.807, 2.05) is 23.8 Å². The number of imidazole rings is 1. The lowest BCUT2D eigenvalue weighted by Crippen LogP contribution is -1.88. The molecule has 0 fully saturated rings. The summed E-state index contributed by atoms with van der Waals surface area (Å²) in [5.41, 5.74) is 0. The van der Waals surface area contributed by atoms with Crippen molar-refractivity contribution in [1.82, 2.24) is 9.55 Å². The highest BCUT2D eigenvalue weighted by Gasteiger charge is 1.80. The first-order valence-electron chi connectivity index (χ1n) is 3.00. The SMILES string of the molecule is C/C=C/Cn1ccnc1. The zero-order valence-corrected chi connectivity index (χ0v) is 5.49. The van der Waals surface area contributed by atoms with Crippen LogP contribution in [-0.4, -0.2) is 9.55 Å². The summed E-state index contributed by atoms with van der Waals surface area (Å²) in [7, 11) is 0. The van der Waals surface area contributed by atoms with E-state index in [1.165, 1.54) is 0 Å². The summed E-state index contributed by atoms with van der Waals surface area (Å²) in [4.78, 5) is 3.90. The molecule has 9 heavy (non-hydrogen) atoms. The molecule has 1 heterocycles. The molecule has 2 nitrogen and oxygen atoms in total. The zero-order valence-electron chi connectivity index (χ0n) is 5.49. The smallest absolute Gasteiger partial charge is 0.0948 e. The molecule has 0 atom stereocenters. The summed E-state index contributed by atoms with van der Waals surface area (Å²) in [6.45, 7) is 2.94. The van der Waals surface area contributed by atoms with E-state index in [4.69, 9.17) is 0 Å². The monoisotopic (exact) mass is 122 g/mol. The number of hydrogen-bond acceptors (Lipinski definition) is 1. The van der Waals surface area contributed by atoms with Crippen molar-refractivity contribution in [3.63, 3.8) is 0 Å². The highest BCUT2D eigenvalue weighted by molar-refractivity contribution is 4.82. The largest absolute Gasteiger partial charge is 0.334 e. The van der Waals surface area contributed by atoms with Crippen molar-refractivity contribution in [3.8, 4) is 0 Å². The van der Waals surface area contributed by atoms with E-state index in [0.29, 0.717) is 0 Å². The standard InChI is InChI=1S/C7H10N2/c1-2-3-5-9-6-4-8-7-9/h2-4,6-7H,5H2,1H3/b3-2+. The van der Waals surface area contributed by atoms with Gasteiger partial charge in [-0.15, -0.1) is 0 Å². The predicted octanol–water partition coefficient (Wildman–Crippen LogP) is 1.46. The lowest BCUT2D eigenvalue weighted by atomic mass is 10.5. The Morgan fingerprint density at radius 2 is 2.56 bits per heavy atom. The van der Waals surface area contributed by atoms with Crippen molar-refractivity contribution in [1.29, 1.82) is 0 Å². The Labute approximate surface area is 54.8 Å². The molecule has 1 aromatic rings. The van der Waals surface area contributed by atoms with Crippen LogP contribution in [0.5, 0.6) is 0 Å². The molecule has 0 aromatic carbocycles. The number of allylic oxidation sites excluding steroid dienone is 2. The highest BCUT2D eigenvalue weighted by atomic mass is 15.0. The van der Waals surface area contributed by atoms with Gasteiger partial charge in [0.05, 0.1) is 6.33 Å². The maximum Gasteiger partial charge on any atom is 0.0948 e. The molecule has 48 valence electrons. The van der Waals surface area contributed by atoms with Crippen LogP contribution in [0, 0.1) is 0 Å². The summed E-state index contributed by atoms with van der Waals surface area (Å²) in [6, 6.07) is 0. The zero-order chi connectivity index (χ0) is 6.53. The van der Waals surface area contributed by atoms with E-state index in [9.17, 15) is 0 Å². The Balaban J connectivity index is 2.48. The van der Waals surface area contributed by atoms with Gasteiger partial charge in [-0.1, -0.05) is 12.2 Å². The maximum atomic E-state index is 3.90. The minimum atomic E-state index is 0.927. The molecule has 0 bridgehead atoms. The van der Waals surface area contributed by atoms with Crippen LogP contribution >= 0.6 is 0 Å². The molecule has 1 rings (SSSR count). The van der Waals surface area contributed by atoms with Crippen LogP contribution in [0.1, 0.15) is 6.92 Å². The van der Waals surface area contributed by atoms with E-state index in [-0.39, 0.29) is 0 Å². The fraction of sp³-hybridized carbons (Fsp3) is 0.286. The molecular weight excluding hydrogens is 112 g/mol. The van der Waals surface area contributed by atoms with Crippen molar-refractivity contribution in [2.75, 3.05) is 0 Å². The lowest BCUT2D eigenvalue weighted by Gasteiger charge is -1.91. The Kier molecular flexibility index (Phi) is 2.07. The van der Waals surface area contributed by atoms with Gasteiger partial charge < -0.3 is 4.57 Å². The van der Waals surface area contributed by atoms with Crippen LogP contribution < -0.4 is 0 Å². The molecule has 0 N–H and O–H groups in total. The van der Waals surface area contributed by atoms with Gasteiger partial charge in [0.2, 0.25) is 0 Å². The van der Waals surface area contributed by atoms with E-state index in [0.717, 1.165) is 6.54 Å². The molecule has 0 aliphatic heterocycles. The van der Waals surface area contributed by atoms with Gasteiger partial charge in [-0.05, 0) is 6.92 Å². The molecule has 0 unspecified atom stereocenters. The van der Waals surface area contributed by atoms with Gasteiger partial charge in [0.25, 0.3) is 0 Å².